The fourth-order valence-electron chi connectivity index (χ4n) is 3.92. The molecule has 3 N–H and O–H groups in total. The normalized spacial score (nSPS) is 10.9. The van der Waals surface area contributed by atoms with Gasteiger partial charge in [0, 0.05) is 46.5 Å². The van der Waals surface area contributed by atoms with Crippen LogP contribution in [0.3, 0.4) is 0 Å². The Bertz CT molecular complexity index is 1670. The van der Waals surface area contributed by atoms with Gasteiger partial charge < -0.3 is 10.6 Å². The molecule has 0 bridgehead atoms. The number of carbonyl (C=O) groups excluding carboxylic acids is 1. The van der Waals surface area contributed by atoms with Crippen molar-refractivity contribution in [3.05, 3.63) is 88.9 Å². The van der Waals surface area contributed by atoms with E-state index in [1.165, 1.54) is 18.5 Å². The van der Waals surface area contributed by atoms with E-state index in [-0.39, 0.29) is 18.1 Å². The quantitative estimate of drug-likeness (QED) is 0.285. The van der Waals surface area contributed by atoms with E-state index in [4.69, 9.17) is 0 Å². The van der Waals surface area contributed by atoms with Gasteiger partial charge in [-0.15, -0.1) is 0 Å². The molecule has 0 aliphatic carbocycles. The molecule has 0 radical (unpaired) electrons. The number of carbonyl (C=O) groups is 1. The van der Waals surface area contributed by atoms with Gasteiger partial charge >= 0.3 is 0 Å². The van der Waals surface area contributed by atoms with E-state index in [1.54, 1.807) is 20.0 Å². The van der Waals surface area contributed by atoms with Crippen LogP contribution < -0.4 is 10.6 Å². The Labute approximate surface area is 223 Å². The third-order valence-electron chi connectivity index (χ3n) is 5.83. The first-order valence-corrected chi connectivity index (χ1v) is 12.1. The lowest BCUT2D eigenvalue weighted by molar-refractivity contribution is 0.0944. The van der Waals surface area contributed by atoms with Crippen molar-refractivity contribution in [1.29, 1.82) is 0 Å². The van der Waals surface area contributed by atoms with Crippen LogP contribution in [-0.4, -0.2) is 46.0 Å². The average Bonchev–Trinajstić information content (AvgIpc) is 3.32. The van der Waals surface area contributed by atoms with E-state index in [0.29, 0.717) is 51.2 Å². The van der Waals surface area contributed by atoms with Gasteiger partial charge in [0.05, 0.1) is 36.5 Å². The number of aromatic nitrogens is 8. The van der Waals surface area contributed by atoms with Crippen LogP contribution in [0.25, 0.3) is 22.6 Å². The highest BCUT2D eigenvalue weighted by Gasteiger charge is 2.15. The first-order chi connectivity index (χ1) is 18.7. The second-order valence-electron chi connectivity index (χ2n) is 9.03. The second kappa shape index (κ2) is 10.7. The number of nitrogens with zero attached hydrogens (tertiary/aromatic N) is 7. The average molecular weight is 525 g/mol. The number of H-pyrrole nitrogens is 1. The van der Waals surface area contributed by atoms with Crippen LogP contribution in [0, 0.1) is 33.5 Å². The molecule has 5 rings (SSSR count). The summed E-state index contributed by atoms with van der Waals surface area (Å²) in [5.41, 5.74) is 5.58. The summed E-state index contributed by atoms with van der Waals surface area (Å²) >= 11 is 0. The standard InChI is InChI=1S/C27H25FN10O/c1-14-5-18(26-34-15(2)6-23(36-26)35-24-7-16(3)37-38-24)9-32-25(14)27(39)33-12-20-11-31-22(13-30-20)21-8-19(28)10-29-17(21)4/h5-11,13H,12H2,1-4H3,(H,33,39)(H2,34,35,36,37,38). The lowest BCUT2D eigenvalue weighted by atomic mass is 10.1. The number of pyridine rings is 2. The molecular weight excluding hydrogens is 499 g/mol. The van der Waals surface area contributed by atoms with Gasteiger partial charge in [0.25, 0.3) is 5.91 Å². The number of nitrogens with one attached hydrogen (secondary N) is 3. The maximum absolute atomic E-state index is 13.6. The van der Waals surface area contributed by atoms with Crippen molar-refractivity contribution in [3.8, 4) is 22.6 Å². The number of aryl methyl sites for hydroxylation is 4. The van der Waals surface area contributed by atoms with Gasteiger partial charge in [-0.05, 0) is 45.4 Å². The van der Waals surface area contributed by atoms with Crippen molar-refractivity contribution < 1.29 is 9.18 Å². The molecule has 0 saturated heterocycles. The fourth-order valence-corrected chi connectivity index (χ4v) is 3.92. The molecule has 5 aromatic heterocycles. The lowest BCUT2D eigenvalue weighted by Gasteiger charge is -2.10. The van der Waals surface area contributed by atoms with Gasteiger partial charge in [-0.25, -0.2) is 14.4 Å². The van der Waals surface area contributed by atoms with E-state index < -0.39 is 5.82 Å². The number of rotatable bonds is 7. The van der Waals surface area contributed by atoms with Crippen LogP contribution in [0.2, 0.25) is 0 Å². The van der Waals surface area contributed by atoms with Crippen LogP contribution in [0.5, 0.6) is 0 Å². The molecule has 0 spiro atoms. The summed E-state index contributed by atoms with van der Waals surface area (Å²) in [5.74, 6) is 0.929. The van der Waals surface area contributed by atoms with Crippen molar-refractivity contribution in [3.63, 3.8) is 0 Å². The largest absolute Gasteiger partial charge is 0.345 e. The fraction of sp³-hybridized carbons (Fsp3) is 0.185. The topological polar surface area (TPSA) is 147 Å². The smallest absolute Gasteiger partial charge is 0.270 e. The Hall–Kier alpha value is -5.13. The summed E-state index contributed by atoms with van der Waals surface area (Å²) in [5, 5.41) is 13.0. The minimum atomic E-state index is -0.447. The molecule has 1 amide bonds. The van der Waals surface area contributed by atoms with Gasteiger partial charge in [0.1, 0.15) is 17.3 Å². The molecule has 0 unspecified atom stereocenters. The molecule has 0 atom stereocenters. The Kier molecular flexibility index (Phi) is 7.00. The van der Waals surface area contributed by atoms with Crippen molar-refractivity contribution >= 4 is 17.5 Å². The zero-order valence-electron chi connectivity index (χ0n) is 21.7. The number of anilines is 2. The second-order valence-corrected chi connectivity index (χ2v) is 9.03. The van der Waals surface area contributed by atoms with Gasteiger partial charge in [-0.1, -0.05) is 0 Å². The first-order valence-electron chi connectivity index (χ1n) is 12.1. The molecule has 5 aromatic rings. The predicted octanol–water partition coefficient (Wildman–Crippen LogP) is 4.16. The minimum absolute atomic E-state index is 0.151. The van der Waals surface area contributed by atoms with Crippen LogP contribution in [0.4, 0.5) is 16.0 Å². The highest BCUT2D eigenvalue weighted by Crippen LogP contribution is 2.22. The van der Waals surface area contributed by atoms with Crippen LogP contribution in [-0.2, 0) is 6.54 Å². The Balaban J connectivity index is 1.27. The molecule has 0 aliphatic heterocycles. The Morgan fingerprint density at radius 1 is 0.897 bits per heavy atom. The molecule has 0 aromatic carbocycles. The minimum Gasteiger partial charge on any atom is -0.345 e. The summed E-state index contributed by atoms with van der Waals surface area (Å²) < 4.78 is 13.6. The molecule has 0 saturated carbocycles. The van der Waals surface area contributed by atoms with E-state index in [1.807, 2.05) is 32.0 Å². The zero-order chi connectivity index (χ0) is 27.5. The number of aromatic amines is 1. The van der Waals surface area contributed by atoms with Crippen molar-refractivity contribution in [2.45, 2.75) is 34.2 Å². The zero-order valence-corrected chi connectivity index (χ0v) is 21.7. The molecule has 5 heterocycles. The van der Waals surface area contributed by atoms with Crippen LogP contribution >= 0.6 is 0 Å². The highest BCUT2D eigenvalue weighted by molar-refractivity contribution is 5.94. The van der Waals surface area contributed by atoms with E-state index >= 15 is 0 Å². The van der Waals surface area contributed by atoms with Gasteiger partial charge in [-0.2, -0.15) is 5.10 Å². The van der Waals surface area contributed by atoms with Crippen LogP contribution in [0.15, 0.2) is 49.1 Å². The SMILES string of the molecule is Cc1cc(Nc2cc(C)[nH]n2)nc(-c2cnc(C(=O)NCc3cnc(-c4cc(F)cnc4C)cn3)c(C)c2)n1. The summed E-state index contributed by atoms with van der Waals surface area (Å²) in [6.07, 6.45) is 5.80. The number of hydrogen-bond acceptors (Lipinski definition) is 9. The van der Waals surface area contributed by atoms with Crippen LogP contribution in [0.1, 0.15) is 38.8 Å². The Morgan fingerprint density at radius 2 is 1.74 bits per heavy atom. The maximum atomic E-state index is 13.6. The molecule has 0 aliphatic rings. The van der Waals surface area contributed by atoms with Crippen molar-refractivity contribution in [2.24, 2.45) is 0 Å². The monoisotopic (exact) mass is 524 g/mol. The molecule has 0 fully saturated rings. The number of hydrogen-bond donors (Lipinski definition) is 3. The molecule has 39 heavy (non-hydrogen) atoms. The Morgan fingerprint density at radius 3 is 2.46 bits per heavy atom. The molecule has 196 valence electrons. The lowest BCUT2D eigenvalue weighted by Crippen LogP contribution is -2.25. The summed E-state index contributed by atoms with van der Waals surface area (Å²) in [4.78, 5) is 39.0. The molecule has 12 heteroatoms. The number of amides is 1. The van der Waals surface area contributed by atoms with E-state index in [0.717, 1.165) is 17.6 Å². The molecule has 11 nitrogen and oxygen atoms in total. The molecular formula is C27H25FN10O. The summed E-state index contributed by atoms with van der Waals surface area (Å²) in [6.45, 7) is 7.51. The third-order valence-corrected chi connectivity index (χ3v) is 5.83. The first kappa shape index (κ1) is 25.5. The summed E-state index contributed by atoms with van der Waals surface area (Å²) in [6, 6.07) is 6.88. The van der Waals surface area contributed by atoms with Gasteiger partial charge in [-0.3, -0.25) is 29.8 Å². The third kappa shape index (κ3) is 5.90. The van der Waals surface area contributed by atoms with Crippen molar-refractivity contribution in [2.75, 3.05) is 5.32 Å². The maximum Gasteiger partial charge on any atom is 0.270 e. The van der Waals surface area contributed by atoms with Gasteiger partial charge in [0.2, 0.25) is 0 Å². The van der Waals surface area contributed by atoms with Crippen molar-refractivity contribution in [1.82, 2.24) is 45.4 Å². The van der Waals surface area contributed by atoms with E-state index in [9.17, 15) is 9.18 Å². The summed E-state index contributed by atoms with van der Waals surface area (Å²) in [7, 11) is 0. The predicted molar refractivity (Wildman–Crippen MR) is 142 cm³/mol. The highest BCUT2D eigenvalue weighted by atomic mass is 19.1. The van der Waals surface area contributed by atoms with E-state index in [2.05, 4.69) is 50.7 Å². The number of halogens is 1. The van der Waals surface area contributed by atoms with Gasteiger partial charge in [0.15, 0.2) is 11.6 Å².